The van der Waals surface area contributed by atoms with Crippen molar-refractivity contribution in [3.05, 3.63) is 0 Å². The summed E-state index contributed by atoms with van der Waals surface area (Å²) in [5, 5.41) is 2.98. The zero-order chi connectivity index (χ0) is 20.0. The average Bonchev–Trinajstić information content (AvgIpc) is 2.84. The molecular weight excluding hydrogens is 348 g/mol. The molecule has 2 saturated heterocycles. The van der Waals surface area contributed by atoms with Crippen molar-refractivity contribution < 1.29 is 19.1 Å². The van der Waals surface area contributed by atoms with Gasteiger partial charge >= 0.3 is 12.1 Å². The van der Waals surface area contributed by atoms with Gasteiger partial charge in [-0.2, -0.15) is 0 Å². The van der Waals surface area contributed by atoms with E-state index in [-0.39, 0.29) is 24.1 Å². The lowest BCUT2D eigenvalue weighted by Gasteiger charge is -2.37. The van der Waals surface area contributed by atoms with Crippen LogP contribution in [0.1, 0.15) is 53.4 Å². The molecule has 1 atom stereocenters. The number of likely N-dealkylation sites (tertiary alicyclic amines) is 1. The molecule has 8 heteroatoms. The standard InChI is InChI=1S/C19H34N4O4/c1-15(24)21-9-7-10-22(13-12-21)17(25)20-14-16-8-5-6-11-23(16)18(26)27-19(2,3)4/h16H,5-14H2,1-4H3,(H,20,25). The van der Waals surface area contributed by atoms with Gasteiger partial charge in [0.2, 0.25) is 5.91 Å². The van der Waals surface area contributed by atoms with E-state index in [0.29, 0.717) is 39.3 Å². The maximum absolute atomic E-state index is 12.6. The molecule has 4 amide bonds. The van der Waals surface area contributed by atoms with E-state index in [1.807, 2.05) is 20.8 Å². The summed E-state index contributed by atoms with van der Waals surface area (Å²) in [7, 11) is 0. The summed E-state index contributed by atoms with van der Waals surface area (Å²) >= 11 is 0. The third kappa shape index (κ3) is 6.59. The fourth-order valence-corrected chi connectivity index (χ4v) is 3.53. The van der Waals surface area contributed by atoms with E-state index >= 15 is 0 Å². The van der Waals surface area contributed by atoms with Gasteiger partial charge in [0.05, 0.1) is 6.04 Å². The second-order valence-electron chi connectivity index (χ2n) is 8.36. The van der Waals surface area contributed by atoms with Gasteiger partial charge in [-0.25, -0.2) is 9.59 Å². The normalized spacial score (nSPS) is 21.5. The second kappa shape index (κ2) is 9.28. The first-order valence-corrected chi connectivity index (χ1v) is 9.95. The van der Waals surface area contributed by atoms with E-state index in [0.717, 1.165) is 25.7 Å². The minimum atomic E-state index is -0.531. The molecule has 2 heterocycles. The number of piperidine rings is 1. The molecule has 0 bridgehead atoms. The molecule has 1 unspecified atom stereocenters. The predicted octanol–water partition coefficient (Wildman–Crippen LogP) is 2.04. The van der Waals surface area contributed by atoms with Crippen molar-refractivity contribution in [2.24, 2.45) is 0 Å². The molecule has 2 rings (SSSR count). The lowest BCUT2D eigenvalue weighted by atomic mass is 10.0. The van der Waals surface area contributed by atoms with Gasteiger partial charge in [0.25, 0.3) is 0 Å². The largest absolute Gasteiger partial charge is 0.444 e. The van der Waals surface area contributed by atoms with Crippen LogP contribution in [0.25, 0.3) is 0 Å². The van der Waals surface area contributed by atoms with Crippen LogP contribution in [0.2, 0.25) is 0 Å². The summed E-state index contributed by atoms with van der Waals surface area (Å²) < 4.78 is 5.51. The number of urea groups is 1. The van der Waals surface area contributed by atoms with E-state index < -0.39 is 5.60 Å². The van der Waals surface area contributed by atoms with Crippen LogP contribution in [0.15, 0.2) is 0 Å². The number of rotatable bonds is 2. The van der Waals surface area contributed by atoms with Gasteiger partial charge in [0, 0.05) is 46.2 Å². The highest BCUT2D eigenvalue weighted by molar-refractivity contribution is 5.75. The van der Waals surface area contributed by atoms with Gasteiger partial charge in [0.15, 0.2) is 0 Å². The van der Waals surface area contributed by atoms with Crippen molar-refractivity contribution in [3.8, 4) is 0 Å². The zero-order valence-electron chi connectivity index (χ0n) is 17.1. The maximum atomic E-state index is 12.6. The van der Waals surface area contributed by atoms with E-state index in [1.165, 1.54) is 0 Å². The number of hydrogen-bond acceptors (Lipinski definition) is 4. The van der Waals surface area contributed by atoms with Gasteiger partial charge in [-0.05, 0) is 46.5 Å². The SMILES string of the molecule is CC(=O)N1CCCN(C(=O)NCC2CCCCN2C(=O)OC(C)(C)C)CC1. The van der Waals surface area contributed by atoms with E-state index in [4.69, 9.17) is 4.74 Å². The van der Waals surface area contributed by atoms with Gasteiger partial charge in [-0.15, -0.1) is 0 Å². The highest BCUT2D eigenvalue weighted by Crippen LogP contribution is 2.20. The highest BCUT2D eigenvalue weighted by Gasteiger charge is 2.31. The minimum absolute atomic E-state index is 0.0433. The summed E-state index contributed by atoms with van der Waals surface area (Å²) in [6.45, 7) is 10.6. The van der Waals surface area contributed by atoms with Crippen LogP contribution >= 0.6 is 0 Å². The Morgan fingerprint density at radius 3 is 2.30 bits per heavy atom. The Labute approximate surface area is 162 Å². The van der Waals surface area contributed by atoms with Crippen LogP contribution in [0, 0.1) is 0 Å². The van der Waals surface area contributed by atoms with Crippen LogP contribution in [0.3, 0.4) is 0 Å². The zero-order valence-corrected chi connectivity index (χ0v) is 17.1. The van der Waals surface area contributed by atoms with Crippen LogP contribution in [0.5, 0.6) is 0 Å². The number of nitrogens with zero attached hydrogens (tertiary/aromatic N) is 3. The van der Waals surface area contributed by atoms with Crippen molar-refractivity contribution in [1.29, 1.82) is 0 Å². The van der Waals surface area contributed by atoms with E-state index in [2.05, 4.69) is 5.32 Å². The first-order valence-electron chi connectivity index (χ1n) is 9.95. The number of hydrogen-bond donors (Lipinski definition) is 1. The number of ether oxygens (including phenoxy) is 1. The van der Waals surface area contributed by atoms with Gasteiger partial charge < -0.3 is 24.8 Å². The molecular formula is C19H34N4O4. The fraction of sp³-hybridized carbons (Fsp3) is 0.842. The molecule has 0 spiro atoms. The molecule has 0 aliphatic carbocycles. The Morgan fingerprint density at radius 2 is 1.63 bits per heavy atom. The van der Waals surface area contributed by atoms with Crippen molar-refractivity contribution in [2.45, 2.75) is 65.0 Å². The van der Waals surface area contributed by atoms with Gasteiger partial charge in [-0.3, -0.25) is 4.79 Å². The predicted molar refractivity (Wildman–Crippen MR) is 102 cm³/mol. The minimum Gasteiger partial charge on any atom is -0.444 e. The Balaban J connectivity index is 1.86. The van der Waals surface area contributed by atoms with Crippen molar-refractivity contribution in [2.75, 3.05) is 39.3 Å². The second-order valence-corrected chi connectivity index (χ2v) is 8.36. The molecule has 0 aromatic carbocycles. The number of amides is 4. The molecule has 154 valence electrons. The molecule has 0 radical (unpaired) electrons. The van der Waals surface area contributed by atoms with Crippen molar-refractivity contribution >= 4 is 18.0 Å². The summed E-state index contributed by atoms with van der Waals surface area (Å²) in [6, 6.07) is -0.173. The molecule has 0 aromatic rings. The van der Waals surface area contributed by atoms with Crippen LogP contribution in [-0.2, 0) is 9.53 Å². The Kier molecular flexibility index (Phi) is 7.33. The molecule has 8 nitrogen and oxygen atoms in total. The fourth-order valence-electron chi connectivity index (χ4n) is 3.53. The molecule has 27 heavy (non-hydrogen) atoms. The summed E-state index contributed by atoms with van der Waals surface area (Å²) in [5.41, 5.74) is -0.531. The monoisotopic (exact) mass is 382 g/mol. The lowest BCUT2D eigenvalue weighted by Crippen LogP contribution is -2.52. The van der Waals surface area contributed by atoms with Gasteiger partial charge in [0.1, 0.15) is 5.60 Å². The third-order valence-electron chi connectivity index (χ3n) is 4.97. The lowest BCUT2D eigenvalue weighted by molar-refractivity contribution is -0.128. The number of carbonyl (C=O) groups excluding carboxylic acids is 3. The first kappa shape index (κ1) is 21.3. The summed E-state index contributed by atoms with van der Waals surface area (Å²) in [6.07, 6.45) is 3.32. The summed E-state index contributed by atoms with van der Waals surface area (Å²) in [4.78, 5) is 41.8. The van der Waals surface area contributed by atoms with Crippen molar-refractivity contribution in [1.82, 2.24) is 20.0 Å². The molecule has 0 aromatic heterocycles. The number of carbonyl (C=O) groups is 3. The third-order valence-corrected chi connectivity index (χ3v) is 4.97. The summed E-state index contributed by atoms with van der Waals surface area (Å²) in [5.74, 6) is 0.0486. The van der Waals surface area contributed by atoms with E-state index in [1.54, 1.807) is 21.6 Å². The van der Waals surface area contributed by atoms with Crippen LogP contribution in [-0.4, -0.2) is 83.6 Å². The van der Waals surface area contributed by atoms with Crippen molar-refractivity contribution in [3.63, 3.8) is 0 Å². The Hall–Kier alpha value is -1.99. The van der Waals surface area contributed by atoms with Gasteiger partial charge in [-0.1, -0.05) is 0 Å². The van der Waals surface area contributed by atoms with E-state index in [9.17, 15) is 14.4 Å². The smallest absolute Gasteiger partial charge is 0.410 e. The molecule has 2 fully saturated rings. The molecule has 1 N–H and O–H groups in total. The number of nitrogens with one attached hydrogen (secondary N) is 1. The quantitative estimate of drug-likeness (QED) is 0.792. The molecule has 2 aliphatic heterocycles. The van der Waals surface area contributed by atoms with Crippen LogP contribution in [0.4, 0.5) is 9.59 Å². The molecule has 0 saturated carbocycles. The Bertz CT molecular complexity index is 546. The molecule has 2 aliphatic rings. The topological polar surface area (TPSA) is 82.2 Å². The maximum Gasteiger partial charge on any atom is 0.410 e. The van der Waals surface area contributed by atoms with Crippen LogP contribution < -0.4 is 5.32 Å². The highest BCUT2D eigenvalue weighted by atomic mass is 16.6. The average molecular weight is 383 g/mol. The first-order chi connectivity index (χ1) is 12.7. The Morgan fingerprint density at radius 1 is 0.963 bits per heavy atom.